The van der Waals surface area contributed by atoms with E-state index >= 15 is 0 Å². The van der Waals surface area contributed by atoms with Crippen molar-refractivity contribution in [3.05, 3.63) is 11.1 Å². The summed E-state index contributed by atoms with van der Waals surface area (Å²) in [4.78, 5) is 29.1. The van der Waals surface area contributed by atoms with Gasteiger partial charge in [-0.25, -0.2) is 4.98 Å². The van der Waals surface area contributed by atoms with E-state index in [-0.39, 0.29) is 24.2 Å². The van der Waals surface area contributed by atoms with Crippen molar-refractivity contribution in [3.63, 3.8) is 0 Å². The van der Waals surface area contributed by atoms with Gasteiger partial charge in [0.25, 0.3) is 0 Å². The SMILES string of the molecule is CC(=O)Nc1nc(COC(=O)CSC(=S)N2CCC(C)CC2)cs1. The van der Waals surface area contributed by atoms with Gasteiger partial charge in [-0.3, -0.25) is 9.59 Å². The van der Waals surface area contributed by atoms with Crippen LogP contribution in [0.1, 0.15) is 32.4 Å². The number of nitrogens with one attached hydrogen (secondary N) is 1. The zero-order chi connectivity index (χ0) is 17.5. The minimum Gasteiger partial charge on any atom is -0.459 e. The smallest absolute Gasteiger partial charge is 0.316 e. The number of hydrogen-bond acceptors (Lipinski definition) is 7. The maximum Gasteiger partial charge on any atom is 0.316 e. The van der Waals surface area contributed by atoms with Gasteiger partial charge in [-0.05, 0) is 18.8 Å². The Morgan fingerprint density at radius 2 is 2.21 bits per heavy atom. The molecular formula is C15H21N3O3S3. The lowest BCUT2D eigenvalue weighted by Gasteiger charge is -2.31. The molecule has 2 rings (SSSR count). The van der Waals surface area contributed by atoms with Crippen LogP contribution in [0.5, 0.6) is 0 Å². The van der Waals surface area contributed by atoms with Crippen LogP contribution >= 0.6 is 35.3 Å². The molecule has 1 aliphatic heterocycles. The average molecular weight is 388 g/mol. The fraction of sp³-hybridized carbons (Fsp3) is 0.600. The van der Waals surface area contributed by atoms with Crippen LogP contribution in [-0.4, -0.2) is 44.9 Å². The molecule has 1 N–H and O–H groups in total. The fourth-order valence-electron chi connectivity index (χ4n) is 2.18. The Hall–Kier alpha value is -1.19. The number of amides is 1. The van der Waals surface area contributed by atoms with Crippen molar-refractivity contribution in [3.8, 4) is 0 Å². The monoisotopic (exact) mass is 387 g/mol. The normalized spacial score (nSPS) is 15.2. The van der Waals surface area contributed by atoms with Crippen LogP contribution in [0.15, 0.2) is 5.38 Å². The van der Waals surface area contributed by atoms with Crippen LogP contribution < -0.4 is 5.32 Å². The summed E-state index contributed by atoms with van der Waals surface area (Å²) in [6, 6.07) is 0. The Morgan fingerprint density at radius 3 is 2.88 bits per heavy atom. The van der Waals surface area contributed by atoms with Crippen molar-refractivity contribution in [2.24, 2.45) is 5.92 Å². The van der Waals surface area contributed by atoms with Crippen LogP contribution in [0.2, 0.25) is 0 Å². The fourth-order valence-corrected chi connectivity index (χ4v) is 3.97. The maximum absolute atomic E-state index is 11.8. The molecule has 6 nitrogen and oxygen atoms in total. The highest BCUT2D eigenvalue weighted by atomic mass is 32.2. The first-order valence-corrected chi connectivity index (χ1v) is 10.0. The predicted molar refractivity (Wildman–Crippen MR) is 101 cm³/mol. The van der Waals surface area contributed by atoms with Gasteiger partial charge in [0.15, 0.2) is 5.13 Å². The lowest BCUT2D eigenvalue weighted by molar-refractivity contribution is -0.141. The molecule has 1 aliphatic rings. The van der Waals surface area contributed by atoms with Crippen molar-refractivity contribution in [2.75, 3.05) is 24.2 Å². The minimum absolute atomic E-state index is 0.101. The highest BCUT2D eigenvalue weighted by Gasteiger charge is 2.19. The summed E-state index contributed by atoms with van der Waals surface area (Å²) >= 11 is 8.03. The van der Waals surface area contributed by atoms with Gasteiger partial charge in [0.1, 0.15) is 10.9 Å². The van der Waals surface area contributed by atoms with Gasteiger partial charge in [0.2, 0.25) is 5.91 Å². The first-order chi connectivity index (χ1) is 11.4. The molecule has 9 heteroatoms. The average Bonchev–Trinajstić information content (AvgIpc) is 2.98. The van der Waals surface area contributed by atoms with Crippen LogP contribution in [0, 0.1) is 5.92 Å². The Labute approximate surface area is 155 Å². The molecule has 0 aliphatic carbocycles. The van der Waals surface area contributed by atoms with Crippen molar-refractivity contribution in [1.82, 2.24) is 9.88 Å². The zero-order valence-electron chi connectivity index (χ0n) is 13.7. The molecule has 0 atom stereocenters. The zero-order valence-corrected chi connectivity index (χ0v) is 16.2. The predicted octanol–water partition coefficient (Wildman–Crippen LogP) is 2.89. The van der Waals surface area contributed by atoms with E-state index in [2.05, 4.69) is 22.1 Å². The van der Waals surface area contributed by atoms with Crippen LogP contribution in [0.4, 0.5) is 5.13 Å². The summed E-state index contributed by atoms with van der Waals surface area (Å²) in [6.07, 6.45) is 2.29. The number of aromatic nitrogens is 1. The van der Waals surface area contributed by atoms with E-state index in [9.17, 15) is 9.59 Å². The maximum atomic E-state index is 11.8. The molecule has 1 aromatic rings. The standard InChI is InChI=1S/C15H21N3O3S3/c1-10-3-5-18(6-4-10)15(22)24-9-13(20)21-7-12-8-23-14(17-12)16-11(2)19/h8,10H,3-7,9H2,1-2H3,(H,16,17,19). The highest BCUT2D eigenvalue weighted by molar-refractivity contribution is 8.23. The molecule has 2 heterocycles. The molecule has 0 bridgehead atoms. The van der Waals surface area contributed by atoms with Gasteiger partial charge in [0, 0.05) is 25.4 Å². The molecule has 1 amide bonds. The van der Waals surface area contributed by atoms with Gasteiger partial charge in [-0.15, -0.1) is 11.3 Å². The van der Waals surface area contributed by atoms with Crippen LogP contribution in [-0.2, 0) is 20.9 Å². The summed E-state index contributed by atoms with van der Waals surface area (Å²) in [5.41, 5.74) is 0.620. The molecule has 1 saturated heterocycles. The number of thioether (sulfide) groups is 1. The summed E-state index contributed by atoms with van der Waals surface area (Å²) < 4.78 is 5.96. The van der Waals surface area contributed by atoms with E-state index in [1.807, 2.05) is 0 Å². The van der Waals surface area contributed by atoms with E-state index in [1.54, 1.807) is 5.38 Å². The number of piperidine rings is 1. The molecule has 24 heavy (non-hydrogen) atoms. The summed E-state index contributed by atoms with van der Waals surface area (Å²) in [7, 11) is 0. The second-order valence-corrected chi connectivity index (χ2v) is 8.18. The molecule has 0 radical (unpaired) electrons. The first-order valence-electron chi connectivity index (χ1n) is 7.73. The van der Waals surface area contributed by atoms with E-state index in [0.717, 1.165) is 36.2 Å². The molecule has 0 saturated carbocycles. The number of anilines is 1. The van der Waals surface area contributed by atoms with Gasteiger partial charge in [0.05, 0.1) is 11.4 Å². The Bertz CT molecular complexity index is 598. The molecule has 1 aromatic heterocycles. The lowest BCUT2D eigenvalue weighted by atomic mass is 10.00. The van der Waals surface area contributed by atoms with Crippen molar-refractivity contribution in [1.29, 1.82) is 0 Å². The number of likely N-dealkylation sites (tertiary alicyclic amines) is 1. The molecule has 1 fully saturated rings. The van der Waals surface area contributed by atoms with E-state index in [0.29, 0.717) is 10.8 Å². The quantitative estimate of drug-likeness (QED) is 0.615. The molecule has 132 valence electrons. The van der Waals surface area contributed by atoms with Crippen molar-refractivity contribution >= 4 is 56.6 Å². The number of thiazole rings is 1. The topological polar surface area (TPSA) is 71.5 Å². The van der Waals surface area contributed by atoms with E-state index in [4.69, 9.17) is 17.0 Å². The summed E-state index contributed by atoms with van der Waals surface area (Å²) in [5, 5.41) is 4.85. The Balaban J connectivity index is 1.67. The van der Waals surface area contributed by atoms with E-state index in [1.165, 1.54) is 30.0 Å². The van der Waals surface area contributed by atoms with Crippen molar-refractivity contribution in [2.45, 2.75) is 33.3 Å². The van der Waals surface area contributed by atoms with Gasteiger partial charge >= 0.3 is 5.97 Å². The number of carbonyl (C=O) groups excluding carboxylic acids is 2. The van der Waals surface area contributed by atoms with Crippen LogP contribution in [0.3, 0.4) is 0 Å². The molecule has 0 spiro atoms. The molecule has 0 unspecified atom stereocenters. The number of esters is 1. The third kappa shape index (κ3) is 6.37. The molecular weight excluding hydrogens is 366 g/mol. The van der Waals surface area contributed by atoms with Crippen LogP contribution in [0.25, 0.3) is 0 Å². The van der Waals surface area contributed by atoms with Crippen molar-refractivity contribution < 1.29 is 14.3 Å². The van der Waals surface area contributed by atoms with Gasteiger partial charge in [-0.1, -0.05) is 30.9 Å². The number of thiocarbonyl (C=S) groups is 1. The number of hydrogen-bond donors (Lipinski definition) is 1. The van der Waals surface area contributed by atoms with Gasteiger partial charge < -0.3 is 15.0 Å². The number of rotatable bonds is 5. The highest BCUT2D eigenvalue weighted by Crippen LogP contribution is 2.20. The number of ether oxygens (including phenoxy) is 1. The molecule has 0 aromatic carbocycles. The summed E-state index contributed by atoms with van der Waals surface area (Å²) in [6.45, 7) is 5.70. The Morgan fingerprint density at radius 1 is 1.50 bits per heavy atom. The van der Waals surface area contributed by atoms with Gasteiger partial charge in [-0.2, -0.15) is 0 Å². The second-order valence-electron chi connectivity index (χ2n) is 5.71. The third-order valence-electron chi connectivity index (χ3n) is 3.57. The minimum atomic E-state index is -0.318. The first kappa shape index (κ1) is 19.1. The van der Waals surface area contributed by atoms with E-state index < -0.39 is 0 Å². The summed E-state index contributed by atoms with van der Waals surface area (Å²) in [5.74, 6) is 0.458. The second kappa shape index (κ2) is 9.33. The number of carbonyl (C=O) groups is 2. The third-order valence-corrected chi connectivity index (χ3v) is 5.87. The lowest BCUT2D eigenvalue weighted by Crippen LogP contribution is -2.35. The Kier molecular flexibility index (Phi) is 7.44. The number of nitrogens with zero attached hydrogens (tertiary/aromatic N) is 2. The largest absolute Gasteiger partial charge is 0.459 e.